The molecule has 0 aliphatic carbocycles. The second kappa shape index (κ2) is 13.4. The SMILES string of the molecule is CC.CCc1csc(-c2ccc(Cl)cc2)n1.CNSc1cc(C)c(C)c(C(=O)O)c1. The van der Waals surface area contributed by atoms with Gasteiger partial charge in [-0.1, -0.05) is 44.5 Å². The summed E-state index contributed by atoms with van der Waals surface area (Å²) in [7, 11) is 1.81. The third kappa shape index (κ3) is 7.76. The van der Waals surface area contributed by atoms with Gasteiger partial charge in [0.05, 0.1) is 11.3 Å². The molecule has 30 heavy (non-hydrogen) atoms. The molecule has 7 heteroatoms. The smallest absolute Gasteiger partial charge is 0.336 e. The molecule has 0 aliphatic rings. The lowest BCUT2D eigenvalue weighted by Crippen LogP contribution is -2.02. The highest BCUT2D eigenvalue weighted by atomic mass is 35.5. The number of thiazole rings is 1. The van der Waals surface area contributed by atoms with Crippen LogP contribution in [0.5, 0.6) is 0 Å². The van der Waals surface area contributed by atoms with Crippen LogP contribution in [0.1, 0.15) is 48.0 Å². The molecule has 0 amide bonds. The largest absolute Gasteiger partial charge is 0.478 e. The van der Waals surface area contributed by atoms with Crippen LogP contribution in [-0.2, 0) is 6.42 Å². The van der Waals surface area contributed by atoms with Crippen molar-refractivity contribution in [2.75, 3.05) is 7.05 Å². The number of rotatable bonds is 5. The molecule has 0 aliphatic heterocycles. The van der Waals surface area contributed by atoms with Crippen LogP contribution in [0.3, 0.4) is 0 Å². The molecule has 2 aromatic carbocycles. The average molecular weight is 465 g/mol. The second-order valence-electron chi connectivity index (χ2n) is 6.03. The Bertz CT molecular complexity index is 941. The fourth-order valence-corrected chi connectivity index (χ4v) is 4.10. The Hall–Kier alpha value is -1.86. The van der Waals surface area contributed by atoms with Crippen molar-refractivity contribution in [3.63, 3.8) is 0 Å². The van der Waals surface area contributed by atoms with Crippen LogP contribution in [0.4, 0.5) is 0 Å². The number of aryl methyl sites for hydroxylation is 2. The van der Waals surface area contributed by atoms with Crippen LogP contribution in [-0.4, -0.2) is 23.1 Å². The second-order valence-corrected chi connectivity index (χ2v) is 8.41. The van der Waals surface area contributed by atoms with Crippen LogP contribution < -0.4 is 4.72 Å². The van der Waals surface area contributed by atoms with Gasteiger partial charge in [0.15, 0.2) is 0 Å². The first-order valence-corrected chi connectivity index (χ1v) is 11.8. The van der Waals surface area contributed by atoms with E-state index in [0.717, 1.165) is 43.7 Å². The minimum Gasteiger partial charge on any atom is -0.478 e. The number of halogens is 1. The summed E-state index contributed by atoms with van der Waals surface area (Å²) in [4.78, 5) is 16.3. The summed E-state index contributed by atoms with van der Waals surface area (Å²) < 4.78 is 2.92. The zero-order valence-corrected chi connectivity index (χ0v) is 20.6. The first-order valence-electron chi connectivity index (χ1n) is 9.74. The number of carboxylic acids is 1. The summed E-state index contributed by atoms with van der Waals surface area (Å²) in [6.07, 6.45) is 0.990. The molecule has 4 nitrogen and oxygen atoms in total. The van der Waals surface area contributed by atoms with E-state index in [1.165, 1.54) is 11.9 Å². The van der Waals surface area contributed by atoms with Gasteiger partial charge in [-0.05, 0) is 74.7 Å². The molecule has 2 N–H and O–H groups in total. The summed E-state index contributed by atoms with van der Waals surface area (Å²) in [5.74, 6) is -0.871. The monoisotopic (exact) mass is 464 g/mol. The first kappa shape index (κ1) is 26.2. The van der Waals surface area contributed by atoms with Crippen molar-refractivity contribution in [2.45, 2.75) is 45.9 Å². The van der Waals surface area contributed by atoms with Crippen LogP contribution in [0, 0.1) is 13.8 Å². The average Bonchev–Trinajstić information content (AvgIpc) is 3.22. The Kier molecular flexibility index (Phi) is 11.7. The maximum atomic E-state index is 10.9. The molecule has 0 unspecified atom stereocenters. The molecule has 1 aromatic heterocycles. The van der Waals surface area contributed by atoms with Gasteiger partial charge < -0.3 is 5.11 Å². The Morgan fingerprint density at radius 1 is 1.20 bits per heavy atom. The predicted molar refractivity (Wildman–Crippen MR) is 131 cm³/mol. The van der Waals surface area contributed by atoms with Crippen molar-refractivity contribution in [1.82, 2.24) is 9.71 Å². The van der Waals surface area contributed by atoms with Gasteiger partial charge in [0.1, 0.15) is 5.01 Å². The van der Waals surface area contributed by atoms with E-state index >= 15 is 0 Å². The van der Waals surface area contributed by atoms with E-state index in [0.29, 0.717) is 5.56 Å². The number of aromatic nitrogens is 1. The molecular formula is C23H29ClN2O2S2. The van der Waals surface area contributed by atoms with Crippen molar-refractivity contribution in [1.29, 1.82) is 0 Å². The number of nitrogens with zero attached hydrogens (tertiary/aromatic N) is 1. The van der Waals surface area contributed by atoms with E-state index in [1.807, 2.05) is 58.0 Å². The molecule has 0 saturated heterocycles. The number of hydrogen-bond donors (Lipinski definition) is 2. The quantitative estimate of drug-likeness (QED) is 0.388. The Balaban J connectivity index is 0.000000277. The molecular weight excluding hydrogens is 436 g/mol. The molecule has 1 heterocycles. The predicted octanol–water partition coefficient (Wildman–Crippen LogP) is 7.28. The lowest BCUT2D eigenvalue weighted by molar-refractivity contribution is 0.0695. The van der Waals surface area contributed by atoms with Crippen LogP contribution >= 0.6 is 34.9 Å². The lowest BCUT2D eigenvalue weighted by Gasteiger charge is -2.07. The maximum absolute atomic E-state index is 10.9. The molecule has 0 radical (unpaired) electrons. The van der Waals surface area contributed by atoms with Crippen molar-refractivity contribution >= 4 is 40.9 Å². The highest BCUT2D eigenvalue weighted by Gasteiger charge is 2.10. The van der Waals surface area contributed by atoms with Crippen molar-refractivity contribution in [3.8, 4) is 10.6 Å². The van der Waals surface area contributed by atoms with Crippen LogP contribution in [0.2, 0.25) is 5.02 Å². The van der Waals surface area contributed by atoms with Crippen LogP contribution in [0.25, 0.3) is 10.6 Å². The third-order valence-electron chi connectivity index (χ3n) is 4.10. The Morgan fingerprint density at radius 3 is 2.33 bits per heavy atom. The molecule has 0 saturated carbocycles. The fourth-order valence-electron chi connectivity index (χ4n) is 2.42. The first-order chi connectivity index (χ1) is 14.3. The molecule has 0 spiro atoms. The van der Waals surface area contributed by atoms with Gasteiger partial charge in [0.2, 0.25) is 0 Å². The van der Waals surface area contributed by atoms with Gasteiger partial charge in [-0.3, -0.25) is 4.72 Å². The highest BCUT2D eigenvalue weighted by Crippen LogP contribution is 2.25. The lowest BCUT2D eigenvalue weighted by atomic mass is 10.0. The topological polar surface area (TPSA) is 62.2 Å². The Labute approximate surface area is 192 Å². The van der Waals surface area contributed by atoms with Gasteiger partial charge in [0.25, 0.3) is 0 Å². The number of benzene rings is 2. The Morgan fingerprint density at radius 2 is 1.83 bits per heavy atom. The number of nitrogens with one attached hydrogen (secondary N) is 1. The summed E-state index contributed by atoms with van der Waals surface area (Å²) in [6.45, 7) is 9.86. The van der Waals surface area contributed by atoms with Gasteiger partial charge in [-0.25, -0.2) is 9.78 Å². The fraction of sp³-hybridized carbons (Fsp3) is 0.304. The molecule has 0 atom stereocenters. The summed E-state index contributed by atoms with van der Waals surface area (Å²) in [6, 6.07) is 11.4. The molecule has 3 aromatic rings. The van der Waals surface area contributed by atoms with Gasteiger partial charge in [0, 0.05) is 20.9 Å². The standard InChI is InChI=1S/C11H10ClNS.C10H13NO2S.C2H6/c1-2-10-7-14-11(13-10)8-3-5-9(12)6-4-8;1-6-4-8(14-11-3)5-9(7(6)2)10(12)13;1-2/h3-7H,2H2,1H3;4-5,11H,1-3H3,(H,12,13);1-2H3. The molecule has 0 fully saturated rings. The number of hydrogen-bond acceptors (Lipinski definition) is 5. The van der Waals surface area contributed by atoms with E-state index in [1.54, 1.807) is 24.5 Å². The molecule has 3 rings (SSSR count). The summed E-state index contributed by atoms with van der Waals surface area (Å²) in [5, 5.41) is 12.9. The number of aromatic carboxylic acids is 1. The number of carbonyl (C=O) groups is 1. The minimum atomic E-state index is -0.871. The number of carboxylic acid groups (broad SMARTS) is 1. The normalized spacial score (nSPS) is 9.83. The van der Waals surface area contributed by atoms with Crippen molar-refractivity contribution in [2.24, 2.45) is 0 Å². The zero-order chi connectivity index (χ0) is 22.7. The van der Waals surface area contributed by atoms with Crippen LogP contribution in [0.15, 0.2) is 46.7 Å². The van der Waals surface area contributed by atoms with Crippen molar-refractivity contribution in [3.05, 3.63) is 69.2 Å². The van der Waals surface area contributed by atoms with Gasteiger partial charge in [-0.2, -0.15) is 0 Å². The maximum Gasteiger partial charge on any atom is 0.336 e. The van der Waals surface area contributed by atoms with E-state index in [2.05, 4.69) is 22.0 Å². The summed E-state index contributed by atoms with van der Waals surface area (Å²) >= 11 is 8.91. The van der Waals surface area contributed by atoms with Gasteiger partial charge in [-0.15, -0.1) is 11.3 Å². The molecule has 0 bridgehead atoms. The minimum absolute atomic E-state index is 0.378. The highest BCUT2D eigenvalue weighted by molar-refractivity contribution is 7.97. The van der Waals surface area contributed by atoms with Gasteiger partial charge >= 0.3 is 5.97 Å². The third-order valence-corrected chi connectivity index (χ3v) is 5.96. The molecule has 162 valence electrons. The zero-order valence-electron chi connectivity index (χ0n) is 18.2. The summed E-state index contributed by atoms with van der Waals surface area (Å²) in [5.41, 5.74) is 4.50. The van der Waals surface area contributed by atoms with E-state index in [-0.39, 0.29) is 0 Å². The van der Waals surface area contributed by atoms with Crippen molar-refractivity contribution < 1.29 is 9.90 Å². The van der Waals surface area contributed by atoms with E-state index < -0.39 is 5.97 Å². The van der Waals surface area contributed by atoms with E-state index in [4.69, 9.17) is 16.7 Å². The van der Waals surface area contributed by atoms with E-state index in [9.17, 15) is 4.79 Å².